The monoisotopic (exact) mass is 303 g/mol. The molecule has 0 amide bonds. The Morgan fingerprint density at radius 2 is 1.95 bits per heavy atom. The summed E-state index contributed by atoms with van der Waals surface area (Å²) in [7, 11) is 0. The van der Waals surface area contributed by atoms with Crippen molar-refractivity contribution in [1.82, 2.24) is 0 Å². The largest absolute Gasteiger partial charge is 0.373 e. The van der Waals surface area contributed by atoms with E-state index in [1.807, 2.05) is 0 Å². The lowest BCUT2D eigenvalue weighted by molar-refractivity contribution is -0.166. The Morgan fingerprint density at radius 3 is 2.53 bits per heavy atom. The first-order valence-electron chi connectivity index (χ1n) is 5.18. The molecule has 0 spiro atoms. The normalized spacial score (nSPS) is 13.9. The summed E-state index contributed by atoms with van der Waals surface area (Å²) in [5.41, 5.74) is 5.72. The molecule has 1 aromatic carbocycles. The zero-order chi connectivity index (χ0) is 14.6. The van der Waals surface area contributed by atoms with E-state index in [4.69, 9.17) is 17.3 Å². The third-order valence-corrected chi connectivity index (χ3v) is 2.61. The van der Waals surface area contributed by atoms with E-state index in [0.717, 1.165) is 12.1 Å². The van der Waals surface area contributed by atoms with E-state index in [2.05, 4.69) is 4.74 Å². The number of nitrogens with two attached hydrogens (primary N) is 1. The molecule has 0 saturated carbocycles. The van der Waals surface area contributed by atoms with Crippen LogP contribution in [0.25, 0.3) is 0 Å². The molecule has 19 heavy (non-hydrogen) atoms. The van der Waals surface area contributed by atoms with Gasteiger partial charge in [0.15, 0.2) is 0 Å². The molecular formula is C11H11ClF5NO. The Bertz CT molecular complexity index is 430. The van der Waals surface area contributed by atoms with Gasteiger partial charge in [0, 0.05) is 5.02 Å². The summed E-state index contributed by atoms with van der Waals surface area (Å²) in [4.78, 5) is 0. The zero-order valence-electron chi connectivity index (χ0n) is 9.55. The second-order valence-corrected chi connectivity index (χ2v) is 4.26. The molecule has 2 nitrogen and oxygen atoms in total. The van der Waals surface area contributed by atoms with Gasteiger partial charge in [0.05, 0.1) is 12.6 Å². The van der Waals surface area contributed by atoms with E-state index in [1.54, 1.807) is 0 Å². The van der Waals surface area contributed by atoms with Gasteiger partial charge in [0.25, 0.3) is 0 Å². The third-order valence-electron chi connectivity index (χ3n) is 2.27. The third kappa shape index (κ3) is 4.59. The van der Waals surface area contributed by atoms with Crippen LogP contribution in [0.2, 0.25) is 5.02 Å². The van der Waals surface area contributed by atoms with Crippen molar-refractivity contribution < 1.29 is 26.7 Å². The fourth-order valence-corrected chi connectivity index (χ4v) is 1.53. The minimum Gasteiger partial charge on any atom is -0.373 e. The van der Waals surface area contributed by atoms with Crippen LogP contribution in [0, 0.1) is 5.82 Å². The van der Waals surface area contributed by atoms with E-state index in [0.29, 0.717) is 0 Å². The highest BCUT2D eigenvalue weighted by Gasteiger charge is 2.41. The average molecular weight is 304 g/mol. The van der Waals surface area contributed by atoms with Crippen molar-refractivity contribution in [3.8, 4) is 0 Å². The maximum Gasteiger partial charge on any atom is 0.330 e. The highest BCUT2D eigenvalue weighted by atomic mass is 35.5. The van der Waals surface area contributed by atoms with Crippen LogP contribution in [0.15, 0.2) is 18.2 Å². The molecule has 0 radical (unpaired) electrons. The van der Waals surface area contributed by atoms with Gasteiger partial charge in [0.1, 0.15) is 12.4 Å². The molecule has 0 bridgehead atoms. The highest BCUT2D eigenvalue weighted by Crippen LogP contribution is 2.25. The first-order valence-corrected chi connectivity index (χ1v) is 5.56. The molecule has 2 N–H and O–H groups in total. The standard InChI is InChI=1S/C11H11ClF5NO/c12-8-2-1-6(13)3-7(8)9(18)4-19-5-11(16,17)10(14)15/h1-3,9-10H,4-5,18H2. The van der Waals surface area contributed by atoms with Crippen LogP contribution in [0.1, 0.15) is 11.6 Å². The molecule has 1 atom stereocenters. The Kier molecular flexibility index (Phi) is 5.51. The molecule has 8 heteroatoms. The molecule has 0 aliphatic heterocycles. The maximum absolute atomic E-state index is 13.0. The zero-order valence-corrected chi connectivity index (χ0v) is 10.3. The van der Waals surface area contributed by atoms with Crippen LogP contribution in [0.5, 0.6) is 0 Å². The summed E-state index contributed by atoms with van der Waals surface area (Å²) >= 11 is 5.74. The quantitative estimate of drug-likeness (QED) is 0.818. The van der Waals surface area contributed by atoms with Crippen LogP contribution in [-0.4, -0.2) is 25.6 Å². The molecule has 0 aliphatic carbocycles. The summed E-state index contributed by atoms with van der Waals surface area (Å²) in [6, 6.07) is 2.39. The summed E-state index contributed by atoms with van der Waals surface area (Å²) in [5.74, 6) is -4.85. The fraction of sp³-hybridized carbons (Fsp3) is 0.455. The van der Waals surface area contributed by atoms with Crippen molar-refractivity contribution in [3.05, 3.63) is 34.6 Å². The van der Waals surface area contributed by atoms with Crippen LogP contribution in [0.4, 0.5) is 22.0 Å². The summed E-state index contributed by atoms with van der Waals surface area (Å²) in [6.07, 6.45) is -3.82. The minimum absolute atomic E-state index is 0.137. The van der Waals surface area contributed by atoms with Gasteiger partial charge < -0.3 is 10.5 Å². The molecule has 0 aromatic heterocycles. The molecule has 108 valence electrons. The number of halogens is 6. The van der Waals surface area contributed by atoms with Gasteiger partial charge in [-0.2, -0.15) is 8.78 Å². The van der Waals surface area contributed by atoms with E-state index < -0.39 is 37.4 Å². The van der Waals surface area contributed by atoms with E-state index in [1.165, 1.54) is 6.07 Å². The van der Waals surface area contributed by atoms with Gasteiger partial charge in [-0.1, -0.05) is 11.6 Å². The molecule has 1 unspecified atom stereocenters. The first kappa shape index (κ1) is 16.1. The van der Waals surface area contributed by atoms with Crippen LogP contribution < -0.4 is 5.73 Å². The molecular weight excluding hydrogens is 293 g/mol. The second-order valence-electron chi connectivity index (χ2n) is 3.85. The van der Waals surface area contributed by atoms with Gasteiger partial charge in [-0.05, 0) is 23.8 Å². The first-order chi connectivity index (χ1) is 8.74. The van der Waals surface area contributed by atoms with Crippen LogP contribution >= 0.6 is 11.6 Å². The van der Waals surface area contributed by atoms with E-state index in [-0.39, 0.29) is 10.6 Å². The number of hydrogen-bond acceptors (Lipinski definition) is 2. The Morgan fingerprint density at radius 1 is 1.32 bits per heavy atom. The molecule has 1 rings (SSSR count). The lowest BCUT2D eigenvalue weighted by atomic mass is 10.1. The SMILES string of the molecule is NC(COCC(F)(F)C(F)F)c1cc(F)ccc1Cl. The molecule has 0 heterocycles. The van der Waals surface area contributed by atoms with Crippen LogP contribution in [0.3, 0.4) is 0 Å². The van der Waals surface area contributed by atoms with E-state index in [9.17, 15) is 22.0 Å². The number of ether oxygens (including phenoxy) is 1. The summed E-state index contributed by atoms with van der Waals surface area (Å²) in [5, 5.41) is 0.137. The van der Waals surface area contributed by atoms with Gasteiger partial charge in [-0.3, -0.25) is 0 Å². The maximum atomic E-state index is 13.0. The van der Waals surface area contributed by atoms with Crippen molar-refractivity contribution in [3.63, 3.8) is 0 Å². The van der Waals surface area contributed by atoms with Gasteiger partial charge in [-0.15, -0.1) is 0 Å². The molecule has 1 aromatic rings. The topological polar surface area (TPSA) is 35.2 Å². The minimum atomic E-state index is -4.24. The van der Waals surface area contributed by atoms with Crippen LogP contribution in [-0.2, 0) is 4.74 Å². The Hall–Kier alpha value is -0.920. The van der Waals surface area contributed by atoms with Crippen molar-refractivity contribution in [2.75, 3.05) is 13.2 Å². The fourth-order valence-electron chi connectivity index (χ4n) is 1.27. The lowest BCUT2D eigenvalue weighted by Crippen LogP contribution is -2.33. The Labute approximate surface area is 111 Å². The molecule has 0 fully saturated rings. The number of benzene rings is 1. The second kappa shape index (κ2) is 6.49. The van der Waals surface area contributed by atoms with Crippen molar-refractivity contribution >= 4 is 11.6 Å². The lowest BCUT2D eigenvalue weighted by Gasteiger charge is -2.18. The number of hydrogen-bond donors (Lipinski definition) is 1. The molecule has 0 aliphatic rings. The summed E-state index contributed by atoms with van der Waals surface area (Å²) in [6.45, 7) is -1.95. The van der Waals surface area contributed by atoms with Gasteiger partial charge in [-0.25, -0.2) is 13.2 Å². The number of alkyl halides is 4. The van der Waals surface area contributed by atoms with Crippen molar-refractivity contribution in [1.29, 1.82) is 0 Å². The van der Waals surface area contributed by atoms with Gasteiger partial charge >= 0.3 is 12.3 Å². The highest BCUT2D eigenvalue weighted by molar-refractivity contribution is 6.31. The van der Waals surface area contributed by atoms with Crippen molar-refractivity contribution in [2.45, 2.75) is 18.4 Å². The van der Waals surface area contributed by atoms with Crippen molar-refractivity contribution in [2.24, 2.45) is 5.73 Å². The number of rotatable bonds is 6. The smallest absolute Gasteiger partial charge is 0.330 e. The van der Waals surface area contributed by atoms with E-state index >= 15 is 0 Å². The average Bonchev–Trinajstić information content (AvgIpc) is 2.31. The molecule has 0 saturated heterocycles. The Balaban J connectivity index is 2.56. The predicted molar refractivity (Wildman–Crippen MR) is 60.1 cm³/mol. The summed E-state index contributed by atoms with van der Waals surface area (Å²) < 4.78 is 66.2. The predicted octanol–water partition coefficient (Wildman–Crippen LogP) is 3.40. The van der Waals surface area contributed by atoms with Gasteiger partial charge in [0.2, 0.25) is 0 Å².